The zero-order valence-corrected chi connectivity index (χ0v) is 29.5. The van der Waals surface area contributed by atoms with Gasteiger partial charge in [-0.15, -0.1) is 0 Å². The van der Waals surface area contributed by atoms with Gasteiger partial charge in [-0.05, 0) is 70.7 Å². The molecule has 3 saturated heterocycles. The standard InChI is InChI=1S/C34H52N4O12/c1-18-11-21(12-19(2)26(18)42)29(44)35-15-24(41)27(43)28-25(36-20(3)39)23(40)14-34(49-28,30(45)46)13-22-16-48-17-33(37-22)7-9-38(10-8-33)31(47)50-32(4,5)6/h11-12,22-25,27-28,37,40-43H,7-10,13-17H2,1-6H3,(H,35,44)(H,36,39)(H,45,46)/t22-,23-,24+,25+,27+,28+,34+/m0/s1. The van der Waals surface area contributed by atoms with Crippen LogP contribution in [-0.2, 0) is 23.8 Å². The molecule has 0 aromatic heterocycles. The third kappa shape index (κ3) is 9.22. The maximum atomic E-state index is 12.9. The number of aliphatic carboxylic acids is 1. The predicted molar refractivity (Wildman–Crippen MR) is 178 cm³/mol. The summed E-state index contributed by atoms with van der Waals surface area (Å²) in [6.07, 6.45) is -6.68. The van der Waals surface area contributed by atoms with Crippen LogP contribution in [0.25, 0.3) is 0 Å². The molecule has 4 rings (SSSR count). The molecule has 16 heteroatoms. The first kappa shape index (κ1) is 39.2. The lowest BCUT2D eigenvalue weighted by atomic mass is 9.79. The molecule has 0 radical (unpaired) electrons. The van der Waals surface area contributed by atoms with E-state index in [-0.39, 0.29) is 24.3 Å². The van der Waals surface area contributed by atoms with Gasteiger partial charge in [-0.25, -0.2) is 9.59 Å². The van der Waals surface area contributed by atoms with Gasteiger partial charge in [0.15, 0.2) is 5.60 Å². The molecule has 280 valence electrons. The lowest BCUT2D eigenvalue weighted by Crippen LogP contribution is -2.70. The van der Waals surface area contributed by atoms with Crippen molar-refractivity contribution in [2.45, 2.75) is 120 Å². The Labute approximate surface area is 291 Å². The lowest BCUT2D eigenvalue weighted by molar-refractivity contribution is -0.232. The number of amides is 3. The third-order valence-corrected chi connectivity index (χ3v) is 9.54. The van der Waals surface area contributed by atoms with E-state index >= 15 is 0 Å². The molecule has 16 nitrogen and oxygen atoms in total. The highest BCUT2D eigenvalue weighted by Crippen LogP contribution is 2.38. The number of aromatic hydroxyl groups is 1. The Hall–Kier alpha value is -3.54. The van der Waals surface area contributed by atoms with Crippen LogP contribution < -0.4 is 16.0 Å². The summed E-state index contributed by atoms with van der Waals surface area (Å²) in [7, 11) is 0. The second-order valence-corrected chi connectivity index (χ2v) is 14.9. The Morgan fingerprint density at radius 3 is 2.30 bits per heavy atom. The molecule has 1 aromatic carbocycles. The molecule has 3 amide bonds. The Morgan fingerprint density at radius 2 is 1.74 bits per heavy atom. The summed E-state index contributed by atoms with van der Waals surface area (Å²) in [6.45, 7) is 10.6. The number of morpholine rings is 1. The summed E-state index contributed by atoms with van der Waals surface area (Å²) in [5.74, 6) is -2.55. The molecule has 3 aliphatic heterocycles. The van der Waals surface area contributed by atoms with E-state index in [2.05, 4.69) is 16.0 Å². The molecule has 3 fully saturated rings. The molecular weight excluding hydrogens is 656 g/mol. The summed E-state index contributed by atoms with van der Waals surface area (Å²) >= 11 is 0. The zero-order valence-electron chi connectivity index (χ0n) is 29.5. The van der Waals surface area contributed by atoms with E-state index in [1.54, 1.807) is 39.5 Å². The first-order chi connectivity index (χ1) is 23.2. The fourth-order valence-corrected chi connectivity index (χ4v) is 7.00. The van der Waals surface area contributed by atoms with Gasteiger partial charge in [0.2, 0.25) is 5.91 Å². The van der Waals surface area contributed by atoms with E-state index in [4.69, 9.17) is 14.2 Å². The number of rotatable bonds is 9. The van der Waals surface area contributed by atoms with Crippen molar-refractivity contribution in [3.05, 3.63) is 28.8 Å². The number of carboxylic acids is 1. The molecule has 3 heterocycles. The highest BCUT2D eigenvalue weighted by Gasteiger charge is 2.56. The van der Waals surface area contributed by atoms with E-state index < -0.39 is 90.1 Å². The van der Waals surface area contributed by atoms with Crippen LogP contribution in [-0.4, -0.2) is 140 Å². The number of ether oxygens (including phenoxy) is 3. The van der Waals surface area contributed by atoms with Gasteiger partial charge in [0.25, 0.3) is 5.91 Å². The molecule has 0 bridgehead atoms. The largest absolute Gasteiger partial charge is 0.507 e. The van der Waals surface area contributed by atoms with Crippen molar-refractivity contribution >= 4 is 23.9 Å². The molecule has 1 aromatic rings. The summed E-state index contributed by atoms with van der Waals surface area (Å²) in [4.78, 5) is 52.1. The minimum Gasteiger partial charge on any atom is -0.507 e. The molecule has 50 heavy (non-hydrogen) atoms. The van der Waals surface area contributed by atoms with Gasteiger partial charge in [-0.2, -0.15) is 0 Å². The van der Waals surface area contributed by atoms with Crippen molar-refractivity contribution in [2.24, 2.45) is 0 Å². The van der Waals surface area contributed by atoms with Crippen molar-refractivity contribution in [3.8, 4) is 5.75 Å². The van der Waals surface area contributed by atoms with E-state index in [1.807, 2.05) is 0 Å². The maximum absolute atomic E-state index is 12.9. The van der Waals surface area contributed by atoms with Crippen molar-refractivity contribution in [3.63, 3.8) is 0 Å². The highest BCUT2D eigenvalue weighted by atomic mass is 16.6. The van der Waals surface area contributed by atoms with Gasteiger partial charge >= 0.3 is 12.1 Å². The van der Waals surface area contributed by atoms with Gasteiger partial charge in [-0.3, -0.25) is 9.59 Å². The molecule has 3 aliphatic rings. The molecule has 1 spiro atoms. The number of hydrogen-bond acceptors (Lipinski definition) is 12. The van der Waals surface area contributed by atoms with Gasteiger partial charge < -0.3 is 60.6 Å². The first-order valence-electron chi connectivity index (χ1n) is 16.9. The number of aryl methyl sites for hydroxylation is 2. The number of carbonyl (C=O) groups excluding carboxylic acids is 3. The smallest absolute Gasteiger partial charge is 0.410 e. The van der Waals surface area contributed by atoms with Crippen molar-refractivity contribution in [1.82, 2.24) is 20.9 Å². The Kier molecular flexibility index (Phi) is 12.1. The van der Waals surface area contributed by atoms with Crippen LogP contribution in [0.5, 0.6) is 5.75 Å². The number of carbonyl (C=O) groups is 4. The van der Waals surface area contributed by atoms with E-state index in [1.165, 1.54) is 19.1 Å². The van der Waals surface area contributed by atoms with Gasteiger partial charge in [0.05, 0.1) is 31.5 Å². The number of likely N-dealkylation sites (tertiary alicyclic amines) is 1. The summed E-state index contributed by atoms with van der Waals surface area (Å²) < 4.78 is 17.6. The minimum atomic E-state index is -2.07. The number of phenolic OH excluding ortho intramolecular Hbond substituents is 1. The van der Waals surface area contributed by atoms with Crippen LogP contribution in [0.1, 0.15) is 74.9 Å². The average molecular weight is 709 g/mol. The van der Waals surface area contributed by atoms with Crippen LogP contribution in [0.3, 0.4) is 0 Å². The van der Waals surface area contributed by atoms with Crippen LogP contribution in [0, 0.1) is 13.8 Å². The summed E-state index contributed by atoms with van der Waals surface area (Å²) in [5.41, 5.74) is -2.12. The van der Waals surface area contributed by atoms with Gasteiger partial charge in [-0.1, -0.05) is 0 Å². The normalized spacial score (nSPS) is 28.0. The Bertz CT molecular complexity index is 1400. The number of phenols is 1. The fourth-order valence-electron chi connectivity index (χ4n) is 7.00. The summed E-state index contributed by atoms with van der Waals surface area (Å²) in [6, 6.07) is 1.07. The predicted octanol–water partition coefficient (Wildman–Crippen LogP) is 0.0867. The summed E-state index contributed by atoms with van der Waals surface area (Å²) in [5, 5.41) is 62.6. The van der Waals surface area contributed by atoms with Crippen LogP contribution in [0.2, 0.25) is 0 Å². The van der Waals surface area contributed by atoms with Crippen molar-refractivity contribution in [1.29, 1.82) is 0 Å². The van der Waals surface area contributed by atoms with Crippen LogP contribution in [0.15, 0.2) is 12.1 Å². The third-order valence-electron chi connectivity index (χ3n) is 9.54. The lowest BCUT2D eigenvalue weighted by Gasteiger charge is -2.51. The topological polar surface area (TPSA) is 236 Å². The second kappa shape index (κ2) is 15.4. The number of aliphatic hydroxyl groups excluding tert-OH is 3. The number of piperidine rings is 1. The van der Waals surface area contributed by atoms with Crippen molar-refractivity contribution < 1.29 is 58.9 Å². The molecule has 8 N–H and O–H groups in total. The number of aliphatic hydroxyl groups is 3. The quantitative estimate of drug-likeness (QED) is 0.170. The highest BCUT2D eigenvalue weighted by molar-refractivity contribution is 5.94. The molecular formula is C34H52N4O12. The number of nitrogens with one attached hydrogen (secondary N) is 3. The number of hydrogen-bond donors (Lipinski definition) is 8. The monoisotopic (exact) mass is 708 g/mol. The second-order valence-electron chi connectivity index (χ2n) is 14.9. The van der Waals surface area contributed by atoms with Gasteiger partial charge in [0.1, 0.15) is 23.6 Å². The maximum Gasteiger partial charge on any atom is 0.410 e. The van der Waals surface area contributed by atoms with E-state index in [0.29, 0.717) is 43.7 Å². The van der Waals surface area contributed by atoms with Crippen LogP contribution >= 0.6 is 0 Å². The average Bonchev–Trinajstić information content (AvgIpc) is 3.02. The number of benzene rings is 1. The molecule has 0 aliphatic carbocycles. The number of carboxylic acid groups (broad SMARTS) is 1. The minimum absolute atomic E-state index is 0.0460. The zero-order chi connectivity index (χ0) is 37.2. The molecule has 0 unspecified atom stereocenters. The fraction of sp³-hybridized carbons (Fsp3) is 0.706. The van der Waals surface area contributed by atoms with E-state index in [9.17, 15) is 44.7 Å². The molecule has 7 atom stereocenters. The SMILES string of the molecule is CC(=O)N[C@H]1[C@H]([C@H](O)[C@H](O)CNC(=O)c2cc(C)c(O)c(C)c2)O[C@@](C[C@H]2COCC3(CCN(C(=O)OC(C)(C)C)CC3)N2)(C(=O)O)C[C@@H]1O. The van der Waals surface area contributed by atoms with Crippen LogP contribution in [0.4, 0.5) is 4.79 Å². The first-order valence-corrected chi connectivity index (χ1v) is 16.9. The van der Waals surface area contributed by atoms with E-state index in [0.717, 1.165) is 0 Å². The van der Waals surface area contributed by atoms with Gasteiger partial charge in [0, 0.05) is 56.5 Å². The van der Waals surface area contributed by atoms with Crippen molar-refractivity contribution in [2.75, 3.05) is 32.8 Å². The molecule has 0 saturated carbocycles. The number of nitrogens with zero attached hydrogens (tertiary/aromatic N) is 1. The Morgan fingerprint density at radius 1 is 1.12 bits per heavy atom. The Balaban J connectivity index is 1.47.